The molecule has 1 aromatic rings. The van der Waals surface area contributed by atoms with E-state index in [0.29, 0.717) is 37.3 Å². The molecule has 1 fully saturated rings. The van der Waals surface area contributed by atoms with E-state index in [2.05, 4.69) is 5.32 Å². The first-order valence-electron chi connectivity index (χ1n) is 6.11. The maximum Gasteiger partial charge on any atom is 0.340 e. The molecule has 2 rings (SSSR count). The Hall–Kier alpha value is -2.24. The van der Waals surface area contributed by atoms with Gasteiger partial charge in [0.25, 0.3) is 0 Å². The molecular weight excluding hydrogens is 246 g/mol. The number of methoxy groups -OCH3 is 1. The van der Waals surface area contributed by atoms with Crippen LogP contribution in [0.5, 0.6) is 0 Å². The summed E-state index contributed by atoms with van der Waals surface area (Å²) in [5, 5.41) is 2.80. The molecule has 0 atom stereocenters. The summed E-state index contributed by atoms with van der Waals surface area (Å²) in [7, 11) is 1.34. The SMILES string of the molecule is COC(=O)c1cc(N)ccc1N1CCNC(=O)CC1. The van der Waals surface area contributed by atoms with Crippen molar-refractivity contribution in [3.05, 3.63) is 23.8 Å². The Kier molecular flexibility index (Phi) is 3.89. The summed E-state index contributed by atoms with van der Waals surface area (Å²) >= 11 is 0. The molecule has 6 nitrogen and oxygen atoms in total. The van der Waals surface area contributed by atoms with Gasteiger partial charge >= 0.3 is 5.97 Å². The normalized spacial score (nSPS) is 15.6. The van der Waals surface area contributed by atoms with Gasteiger partial charge in [0, 0.05) is 31.7 Å². The highest BCUT2D eigenvalue weighted by Gasteiger charge is 2.20. The Morgan fingerprint density at radius 3 is 2.95 bits per heavy atom. The van der Waals surface area contributed by atoms with E-state index < -0.39 is 5.97 Å². The highest BCUT2D eigenvalue weighted by molar-refractivity contribution is 5.97. The van der Waals surface area contributed by atoms with Crippen LogP contribution in [0.4, 0.5) is 11.4 Å². The predicted octanol–water partition coefficient (Wildman–Crippen LogP) is 0.382. The van der Waals surface area contributed by atoms with Crippen molar-refractivity contribution in [3.63, 3.8) is 0 Å². The van der Waals surface area contributed by atoms with Crippen molar-refractivity contribution in [1.29, 1.82) is 0 Å². The van der Waals surface area contributed by atoms with Crippen LogP contribution in [0.2, 0.25) is 0 Å². The number of nitrogens with two attached hydrogens (primary N) is 1. The second-order valence-electron chi connectivity index (χ2n) is 4.36. The summed E-state index contributed by atoms with van der Waals surface area (Å²) in [5.41, 5.74) is 7.39. The monoisotopic (exact) mass is 263 g/mol. The molecule has 1 saturated heterocycles. The van der Waals surface area contributed by atoms with E-state index in [1.54, 1.807) is 18.2 Å². The number of hydrogen-bond donors (Lipinski definition) is 2. The lowest BCUT2D eigenvalue weighted by atomic mass is 10.1. The van der Waals surface area contributed by atoms with Crippen LogP contribution in [0.25, 0.3) is 0 Å². The van der Waals surface area contributed by atoms with E-state index in [-0.39, 0.29) is 5.91 Å². The summed E-state index contributed by atoms with van der Waals surface area (Å²) in [4.78, 5) is 25.1. The average Bonchev–Trinajstić information content (AvgIpc) is 2.62. The number of carbonyl (C=O) groups excluding carboxylic acids is 2. The molecule has 0 unspecified atom stereocenters. The summed E-state index contributed by atoms with van der Waals surface area (Å²) in [6.45, 7) is 1.78. The largest absolute Gasteiger partial charge is 0.465 e. The van der Waals surface area contributed by atoms with Gasteiger partial charge in [-0.1, -0.05) is 0 Å². The Morgan fingerprint density at radius 1 is 1.42 bits per heavy atom. The molecule has 0 radical (unpaired) electrons. The Bertz CT molecular complexity index is 502. The lowest BCUT2D eigenvalue weighted by molar-refractivity contribution is -0.120. The zero-order valence-electron chi connectivity index (χ0n) is 10.8. The molecule has 0 aromatic heterocycles. The fourth-order valence-electron chi connectivity index (χ4n) is 2.11. The van der Waals surface area contributed by atoms with E-state index in [0.717, 1.165) is 5.69 Å². The standard InChI is InChI=1S/C13H17N3O3/c1-19-13(18)10-8-9(14)2-3-11(10)16-6-4-12(17)15-5-7-16/h2-3,8H,4-7,14H2,1H3,(H,15,17). The molecule has 102 valence electrons. The first-order valence-corrected chi connectivity index (χ1v) is 6.11. The van der Waals surface area contributed by atoms with Gasteiger partial charge in [0.15, 0.2) is 0 Å². The number of nitrogens with zero attached hydrogens (tertiary/aromatic N) is 1. The summed E-state index contributed by atoms with van der Waals surface area (Å²) < 4.78 is 4.77. The fraction of sp³-hybridized carbons (Fsp3) is 0.385. The molecule has 1 heterocycles. The second kappa shape index (κ2) is 5.60. The lowest BCUT2D eigenvalue weighted by Gasteiger charge is -2.24. The zero-order valence-corrected chi connectivity index (χ0v) is 10.8. The highest BCUT2D eigenvalue weighted by atomic mass is 16.5. The number of esters is 1. The molecule has 1 aromatic carbocycles. The summed E-state index contributed by atoms with van der Waals surface area (Å²) in [5.74, 6) is -0.400. The smallest absolute Gasteiger partial charge is 0.340 e. The minimum absolute atomic E-state index is 0.0255. The van der Waals surface area contributed by atoms with E-state index >= 15 is 0 Å². The molecule has 6 heteroatoms. The van der Waals surface area contributed by atoms with Crippen molar-refractivity contribution in [2.45, 2.75) is 6.42 Å². The topological polar surface area (TPSA) is 84.7 Å². The van der Waals surface area contributed by atoms with Gasteiger partial charge in [-0.15, -0.1) is 0 Å². The van der Waals surface area contributed by atoms with Crippen LogP contribution in [0.3, 0.4) is 0 Å². The van der Waals surface area contributed by atoms with E-state index in [4.69, 9.17) is 10.5 Å². The molecule has 3 N–H and O–H groups in total. The first-order chi connectivity index (χ1) is 9.11. The molecule has 1 aliphatic heterocycles. The van der Waals surface area contributed by atoms with Gasteiger partial charge in [0.1, 0.15) is 0 Å². The van der Waals surface area contributed by atoms with Gasteiger partial charge in [-0.05, 0) is 18.2 Å². The summed E-state index contributed by atoms with van der Waals surface area (Å²) in [6, 6.07) is 5.13. The number of rotatable bonds is 2. The third kappa shape index (κ3) is 2.96. The number of carbonyl (C=O) groups is 2. The third-order valence-electron chi connectivity index (χ3n) is 3.08. The van der Waals surface area contributed by atoms with Gasteiger partial charge in [0.05, 0.1) is 18.4 Å². The van der Waals surface area contributed by atoms with Crippen LogP contribution in [-0.4, -0.2) is 38.6 Å². The van der Waals surface area contributed by atoms with Crippen molar-refractivity contribution < 1.29 is 14.3 Å². The molecule has 0 spiro atoms. The molecule has 0 saturated carbocycles. The number of ether oxygens (including phenoxy) is 1. The van der Waals surface area contributed by atoms with Gasteiger partial charge in [-0.3, -0.25) is 4.79 Å². The zero-order chi connectivity index (χ0) is 13.8. The summed E-state index contributed by atoms with van der Waals surface area (Å²) in [6.07, 6.45) is 0.408. The highest BCUT2D eigenvalue weighted by Crippen LogP contribution is 2.24. The molecular formula is C13H17N3O3. The van der Waals surface area contributed by atoms with Gasteiger partial charge in [-0.2, -0.15) is 0 Å². The number of benzene rings is 1. The van der Waals surface area contributed by atoms with Crippen LogP contribution in [-0.2, 0) is 9.53 Å². The van der Waals surface area contributed by atoms with Crippen LogP contribution in [0, 0.1) is 0 Å². The van der Waals surface area contributed by atoms with Crippen molar-refractivity contribution >= 4 is 23.3 Å². The lowest BCUT2D eigenvalue weighted by Crippen LogP contribution is -2.29. The number of hydrogen-bond acceptors (Lipinski definition) is 5. The molecule has 19 heavy (non-hydrogen) atoms. The van der Waals surface area contributed by atoms with Crippen molar-refractivity contribution in [1.82, 2.24) is 5.32 Å². The number of nitrogen functional groups attached to an aromatic ring is 1. The van der Waals surface area contributed by atoms with Gasteiger partial charge in [-0.25, -0.2) is 4.79 Å². The van der Waals surface area contributed by atoms with Crippen LogP contribution >= 0.6 is 0 Å². The van der Waals surface area contributed by atoms with E-state index in [1.165, 1.54) is 7.11 Å². The molecule has 1 aliphatic rings. The first kappa shape index (κ1) is 13.2. The quantitative estimate of drug-likeness (QED) is 0.595. The van der Waals surface area contributed by atoms with Crippen molar-refractivity contribution in [3.8, 4) is 0 Å². The molecule has 0 aliphatic carbocycles. The number of amides is 1. The van der Waals surface area contributed by atoms with Crippen LogP contribution in [0.1, 0.15) is 16.8 Å². The van der Waals surface area contributed by atoms with E-state index in [1.807, 2.05) is 4.90 Å². The Labute approximate surface area is 111 Å². The minimum atomic E-state index is -0.425. The fourth-order valence-corrected chi connectivity index (χ4v) is 2.11. The number of nitrogens with one attached hydrogen (secondary N) is 1. The van der Waals surface area contributed by atoms with Gasteiger partial charge in [0.2, 0.25) is 5.91 Å². The minimum Gasteiger partial charge on any atom is -0.465 e. The molecule has 1 amide bonds. The van der Waals surface area contributed by atoms with Crippen molar-refractivity contribution in [2.24, 2.45) is 0 Å². The molecule has 0 bridgehead atoms. The predicted molar refractivity (Wildman–Crippen MR) is 72.0 cm³/mol. The number of anilines is 2. The average molecular weight is 263 g/mol. The van der Waals surface area contributed by atoms with Gasteiger partial charge < -0.3 is 20.7 Å². The Balaban J connectivity index is 2.32. The Morgan fingerprint density at radius 2 is 2.21 bits per heavy atom. The second-order valence-corrected chi connectivity index (χ2v) is 4.36. The third-order valence-corrected chi connectivity index (χ3v) is 3.08. The van der Waals surface area contributed by atoms with Crippen molar-refractivity contribution in [2.75, 3.05) is 37.4 Å². The maximum absolute atomic E-state index is 11.8. The van der Waals surface area contributed by atoms with Crippen LogP contribution in [0.15, 0.2) is 18.2 Å². The van der Waals surface area contributed by atoms with Crippen LogP contribution < -0.4 is 16.0 Å². The maximum atomic E-state index is 11.8. The van der Waals surface area contributed by atoms with E-state index in [9.17, 15) is 9.59 Å².